The van der Waals surface area contributed by atoms with Crippen LogP contribution in [0.5, 0.6) is 0 Å². The van der Waals surface area contributed by atoms with Crippen LogP contribution in [0, 0.1) is 6.92 Å². The van der Waals surface area contributed by atoms with Crippen LogP contribution in [-0.4, -0.2) is 49.8 Å². The fourth-order valence-electron chi connectivity index (χ4n) is 3.66. The summed E-state index contributed by atoms with van der Waals surface area (Å²) in [5, 5.41) is 2.93. The first-order valence-corrected chi connectivity index (χ1v) is 10.4. The zero-order valence-corrected chi connectivity index (χ0v) is 17.7. The SMILES string of the molecule is CCc1ccc(C(=O)CCC(=O)Nc2ccc(N3CCN(C)CC3)c(C)c2)cc1. The van der Waals surface area contributed by atoms with Crippen LogP contribution < -0.4 is 10.2 Å². The third-order valence-electron chi connectivity index (χ3n) is 5.59. The number of anilines is 2. The Balaban J connectivity index is 1.52. The van der Waals surface area contributed by atoms with Gasteiger partial charge in [-0.15, -0.1) is 0 Å². The molecule has 0 bridgehead atoms. The molecule has 1 aliphatic rings. The largest absolute Gasteiger partial charge is 0.369 e. The van der Waals surface area contributed by atoms with Crippen molar-refractivity contribution < 1.29 is 9.59 Å². The van der Waals surface area contributed by atoms with E-state index in [0.717, 1.165) is 43.9 Å². The first-order chi connectivity index (χ1) is 14.0. The molecule has 3 rings (SSSR count). The molecule has 0 atom stereocenters. The zero-order chi connectivity index (χ0) is 20.8. The highest BCUT2D eigenvalue weighted by Gasteiger charge is 2.16. The van der Waals surface area contributed by atoms with E-state index in [9.17, 15) is 9.59 Å². The molecule has 1 N–H and O–H groups in total. The molecule has 0 spiro atoms. The lowest BCUT2D eigenvalue weighted by molar-refractivity contribution is -0.116. The number of rotatable bonds is 7. The average molecular weight is 394 g/mol. The average Bonchev–Trinajstić information content (AvgIpc) is 2.73. The number of hydrogen-bond donors (Lipinski definition) is 1. The van der Waals surface area contributed by atoms with Gasteiger partial charge in [-0.05, 0) is 49.7 Å². The second-order valence-corrected chi connectivity index (χ2v) is 7.81. The van der Waals surface area contributed by atoms with Crippen LogP contribution in [0.1, 0.15) is 41.3 Å². The lowest BCUT2D eigenvalue weighted by Gasteiger charge is -2.35. The van der Waals surface area contributed by atoms with E-state index >= 15 is 0 Å². The van der Waals surface area contributed by atoms with Gasteiger partial charge in [0.2, 0.25) is 5.91 Å². The zero-order valence-electron chi connectivity index (χ0n) is 17.7. The highest BCUT2D eigenvalue weighted by molar-refractivity contribution is 6.00. The smallest absolute Gasteiger partial charge is 0.224 e. The Morgan fingerprint density at radius 3 is 2.28 bits per heavy atom. The number of aryl methyl sites for hydroxylation is 2. The van der Waals surface area contributed by atoms with Crippen LogP contribution in [0.2, 0.25) is 0 Å². The van der Waals surface area contributed by atoms with Gasteiger partial charge < -0.3 is 15.1 Å². The van der Waals surface area contributed by atoms with Crippen LogP contribution in [0.25, 0.3) is 0 Å². The summed E-state index contributed by atoms with van der Waals surface area (Å²) in [6.07, 6.45) is 1.35. The molecule has 2 aromatic rings. The van der Waals surface area contributed by atoms with Gasteiger partial charge in [-0.25, -0.2) is 0 Å². The molecule has 5 heteroatoms. The standard InChI is InChI=1S/C24H31N3O2/c1-4-19-5-7-20(8-6-19)23(28)11-12-24(29)25-21-9-10-22(18(2)17-21)27-15-13-26(3)14-16-27/h5-10,17H,4,11-16H2,1-3H3,(H,25,29). The van der Waals surface area contributed by atoms with Gasteiger partial charge in [-0.3, -0.25) is 9.59 Å². The Morgan fingerprint density at radius 1 is 0.966 bits per heavy atom. The van der Waals surface area contributed by atoms with E-state index in [1.54, 1.807) is 0 Å². The molecule has 2 aromatic carbocycles. The summed E-state index contributed by atoms with van der Waals surface area (Å²) in [5.41, 5.74) is 5.03. The van der Waals surface area contributed by atoms with Gasteiger partial charge in [0, 0.05) is 56.0 Å². The summed E-state index contributed by atoms with van der Waals surface area (Å²) in [5.74, 6) is -0.125. The number of piperazine rings is 1. The number of carbonyl (C=O) groups excluding carboxylic acids is 2. The number of amides is 1. The van der Waals surface area contributed by atoms with E-state index in [0.29, 0.717) is 5.56 Å². The minimum absolute atomic E-state index is 0.00407. The van der Waals surface area contributed by atoms with Crippen LogP contribution >= 0.6 is 0 Å². The van der Waals surface area contributed by atoms with Crippen LogP contribution in [0.15, 0.2) is 42.5 Å². The fourth-order valence-corrected chi connectivity index (χ4v) is 3.66. The molecule has 1 fully saturated rings. The Labute approximate surface area is 173 Å². The molecule has 29 heavy (non-hydrogen) atoms. The summed E-state index contributed by atoms with van der Waals surface area (Å²) in [6.45, 7) is 8.32. The fraction of sp³-hybridized carbons (Fsp3) is 0.417. The maximum absolute atomic E-state index is 12.3. The Morgan fingerprint density at radius 2 is 1.66 bits per heavy atom. The Bertz CT molecular complexity index is 853. The second-order valence-electron chi connectivity index (χ2n) is 7.81. The molecule has 1 saturated heterocycles. The minimum Gasteiger partial charge on any atom is -0.369 e. The van der Waals surface area contributed by atoms with E-state index < -0.39 is 0 Å². The van der Waals surface area contributed by atoms with Gasteiger partial charge in [-0.2, -0.15) is 0 Å². The van der Waals surface area contributed by atoms with Gasteiger partial charge in [0.25, 0.3) is 0 Å². The molecule has 0 aromatic heterocycles. The number of benzene rings is 2. The predicted octanol–water partition coefficient (Wildman–Crippen LogP) is 3.91. The van der Waals surface area contributed by atoms with Gasteiger partial charge in [0.05, 0.1) is 0 Å². The number of nitrogens with one attached hydrogen (secondary N) is 1. The van der Waals surface area contributed by atoms with Crippen molar-refractivity contribution in [1.29, 1.82) is 0 Å². The van der Waals surface area contributed by atoms with E-state index in [4.69, 9.17) is 0 Å². The van der Waals surface area contributed by atoms with Crippen LogP contribution in [0.3, 0.4) is 0 Å². The number of Topliss-reactive ketones (excluding diaryl/α,β-unsaturated/α-hetero) is 1. The molecule has 5 nitrogen and oxygen atoms in total. The molecule has 0 aliphatic carbocycles. The molecular weight excluding hydrogens is 362 g/mol. The van der Waals surface area contributed by atoms with Crippen LogP contribution in [0.4, 0.5) is 11.4 Å². The monoisotopic (exact) mass is 393 g/mol. The highest BCUT2D eigenvalue weighted by atomic mass is 16.2. The van der Waals surface area contributed by atoms with E-state index in [1.165, 1.54) is 11.3 Å². The summed E-state index contributed by atoms with van der Waals surface area (Å²) >= 11 is 0. The van der Waals surface area contributed by atoms with Crippen molar-refractivity contribution in [2.75, 3.05) is 43.4 Å². The van der Waals surface area contributed by atoms with Gasteiger partial charge in [0.1, 0.15) is 0 Å². The van der Waals surface area contributed by atoms with Crippen molar-refractivity contribution in [3.8, 4) is 0 Å². The molecule has 0 unspecified atom stereocenters. The lowest BCUT2D eigenvalue weighted by atomic mass is 10.0. The molecule has 1 heterocycles. The van der Waals surface area contributed by atoms with E-state index in [-0.39, 0.29) is 24.5 Å². The maximum atomic E-state index is 12.3. The first-order valence-electron chi connectivity index (χ1n) is 10.4. The number of ketones is 1. The first kappa shape index (κ1) is 21.1. The van der Waals surface area contributed by atoms with Gasteiger partial charge in [0.15, 0.2) is 5.78 Å². The number of hydrogen-bond acceptors (Lipinski definition) is 4. The molecule has 1 amide bonds. The second kappa shape index (κ2) is 9.70. The van der Waals surface area contributed by atoms with Crippen molar-refractivity contribution >= 4 is 23.1 Å². The summed E-state index contributed by atoms with van der Waals surface area (Å²) < 4.78 is 0. The normalized spacial score (nSPS) is 14.7. The number of nitrogens with zero attached hydrogens (tertiary/aromatic N) is 2. The maximum Gasteiger partial charge on any atom is 0.224 e. The quantitative estimate of drug-likeness (QED) is 0.725. The van der Waals surface area contributed by atoms with Crippen molar-refractivity contribution in [1.82, 2.24) is 4.90 Å². The number of carbonyl (C=O) groups is 2. The lowest BCUT2D eigenvalue weighted by Crippen LogP contribution is -2.44. The molecule has 0 radical (unpaired) electrons. The van der Waals surface area contributed by atoms with Crippen molar-refractivity contribution in [3.05, 3.63) is 59.2 Å². The topological polar surface area (TPSA) is 52.7 Å². The van der Waals surface area contributed by atoms with E-state index in [2.05, 4.69) is 42.1 Å². The van der Waals surface area contributed by atoms with Crippen molar-refractivity contribution in [2.24, 2.45) is 0 Å². The summed E-state index contributed by atoms with van der Waals surface area (Å²) in [7, 11) is 2.15. The van der Waals surface area contributed by atoms with E-state index in [1.807, 2.05) is 36.4 Å². The van der Waals surface area contributed by atoms with Crippen molar-refractivity contribution in [2.45, 2.75) is 33.1 Å². The van der Waals surface area contributed by atoms with Crippen molar-refractivity contribution in [3.63, 3.8) is 0 Å². The predicted molar refractivity (Wildman–Crippen MR) is 119 cm³/mol. The molecule has 1 aliphatic heterocycles. The van der Waals surface area contributed by atoms with Gasteiger partial charge >= 0.3 is 0 Å². The summed E-state index contributed by atoms with van der Waals surface area (Å²) in [6, 6.07) is 13.7. The molecule has 154 valence electrons. The number of likely N-dealkylation sites (N-methyl/N-ethyl adjacent to an activating group) is 1. The minimum atomic E-state index is -0.129. The summed E-state index contributed by atoms with van der Waals surface area (Å²) in [4.78, 5) is 29.3. The van der Waals surface area contributed by atoms with Crippen LogP contribution in [-0.2, 0) is 11.2 Å². The highest BCUT2D eigenvalue weighted by Crippen LogP contribution is 2.24. The Hall–Kier alpha value is -2.66. The Kier molecular flexibility index (Phi) is 7.04. The molecular formula is C24H31N3O2. The third kappa shape index (κ3) is 5.67. The van der Waals surface area contributed by atoms with Gasteiger partial charge in [-0.1, -0.05) is 31.2 Å². The third-order valence-corrected chi connectivity index (χ3v) is 5.59. The molecule has 0 saturated carbocycles.